The zero-order valence-corrected chi connectivity index (χ0v) is 12.9. The SMILES string of the molecule is [2H]c1c([2H])c([2H])c(CCNC(=S)SCC(NC(C)=O)C(=O)O)c([2H])c1[2H]. The monoisotopic (exact) mass is 331 g/mol. The number of aliphatic carboxylic acids is 1. The summed E-state index contributed by atoms with van der Waals surface area (Å²) in [5.74, 6) is -1.59. The number of hydrogen-bond donors (Lipinski definition) is 3. The summed E-state index contributed by atoms with van der Waals surface area (Å²) in [6, 6.07) is -2.81. The molecule has 114 valence electrons. The lowest BCUT2D eigenvalue weighted by atomic mass is 10.2. The molecule has 1 amide bonds. The molecule has 1 rings (SSSR count). The second-order valence-electron chi connectivity index (χ2n) is 3.97. The standard InChI is InChI=1S/C14H18N2O3S2/c1-10(17)16-12(13(18)19)9-21-14(20)15-8-7-11-5-3-2-4-6-11/h2-6,12H,7-9H2,1H3,(H,15,20)(H,16,17)(H,18,19)/i2D,3D,4D,5D,6D. The maximum absolute atomic E-state index is 11.0. The summed E-state index contributed by atoms with van der Waals surface area (Å²) in [4.78, 5) is 22.0. The Hall–Kier alpha value is -1.60. The van der Waals surface area contributed by atoms with Crippen LogP contribution in [-0.4, -0.2) is 39.6 Å². The quantitative estimate of drug-likeness (QED) is 0.656. The molecule has 0 heterocycles. The maximum atomic E-state index is 11.0. The van der Waals surface area contributed by atoms with Gasteiger partial charge < -0.3 is 15.7 Å². The molecule has 0 radical (unpaired) electrons. The van der Waals surface area contributed by atoms with Crippen molar-refractivity contribution < 1.29 is 21.5 Å². The van der Waals surface area contributed by atoms with Crippen LogP contribution < -0.4 is 10.6 Å². The van der Waals surface area contributed by atoms with Crippen molar-refractivity contribution in [2.24, 2.45) is 0 Å². The molecule has 3 N–H and O–H groups in total. The maximum Gasteiger partial charge on any atom is 0.327 e. The van der Waals surface area contributed by atoms with E-state index >= 15 is 0 Å². The number of nitrogens with one attached hydrogen (secondary N) is 2. The average molecular weight is 331 g/mol. The van der Waals surface area contributed by atoms with Gasteiger partial charge in [0.2, 0.25) is 5.91 Å². The first-order valence-electron chi connectivity index (χ1n) is 8.52. The number of carbonyl (C=O) groups excluding carboxylic acids is 1. The number of thioether (sulfide) groups is 1. The van der Waals surface area contributed by atoms with Crippen LogP contribution in [0.5, 0.6) is 0 Å². The minimum absolute atomic E-state index is 0.0371. The van der Waals surface area contributed by atoms with Gasteiger partial charge >= 0.3 is 5.97 Å². The predicted molar refractivity (Wildman–Crippen MR) is 88.4 cm³/mol. The molecule has 1 unspecified atom stereocenters. The van der Waals surface area contributed by atoms with Crippen molar-refractivity contribution in [1.82, 2.24) is 10.6 Å². The summed E-state index contributed by atoms with van der Waals surface area (Å²) in [7, 11) is 0. The Balaban J connectivity index is 2.60. The van der Waals surface area contributed by atoms with Crippen molar-refractivity contribution in [3.05, 3.63) is 35.8 Å². The van der Waals surface area contributed by atoms with Gasteiger partial charge in [0.05, 0.1) is 6.85 Å². The van der Waals surface area contributed by atoms with Gasteiger partial charge in [-0.05, 0) is 12.0 Å². The number of amides is 1. The number of carboxylic acid groups (broad SMARTS) is 1. The Morgan fingerprint density at radius 1 is 1.43 bits per heavy atom. The lowest BCUT2D eigenvalue weighted by molar-refractivity contribution is -0.140. The molecule has 0 aliphatic carbocycles. The number of thiocarbonyl (C=S) groups is 1. The van der Waals surface area contributed by atoms with Gasteiger partial charge in [-0.2, -0.15) is 0 Å². The highest BCUT2D eigenvalue weighted by Crippen LogP contribution is 2.06. The number of benzene rings is 1. The number of hydrogen-bond acceptors (Lipinski definition) is 4. The van der Waals surface area contributed by atoms with Crippen LogP contribution in [0.4, 0.5) is 0 Å². The zero-order chi connectivity index (χ0) is 20.0. The van der Waals surface area contributed by atoms with E-state index in [2.05, 4.69) is 10.6 Å². The van der Waals surface area contributed by atoms with Crippen LogP contribution in [0.15, 0.2) is 30.2 Å². The van der Waals surface area contributed by atoms with Gasteiger partial charge in [0.15, 0.2) is 0 Å². The van der Waals surface area contributed by atoms with E-state index < -0.39 is 36.0 Å². The first-order valence-corrected chi connectivity index (χ1v) is 7.42. The third-order valence-electron chi connectivity index (χ3n) is 2.25. The van der Waals surface area contributed by atoms with E-state index in [9.17, 15) is 9.59 Å². The van der Waals surface area contributed by atoms with E-state index in [-0.39, 0.29) is 40.7 Å². The van der Waals surface area contributed by atoms with Crippen molar-refractivity contribution in [2.45, 2.75) is 19.4 Å². The van der Waals surface area contributed by atoms with Crippen molar-refractivity contribution in [3.63, 3.8) is 0 Å². The number of rotatable bonds is 7. The topological polar surface area (TPSA) is 78.4 Å². The van der Waals surface area contributed by atoms with Crippen LogP contribution in [0.3, 0.4) is 0 Å². The molecular formula is C14H18N2O3S2. The summed E-state index contributed by atoms with van der Waals surface area (Å²) in [5.41, 5.74) is 0.179. The van der Waals surface area contributed by atoms with Gasteiger partial charge in [0.1, 0.15) is 10.4 Å². The normalized spacial score (nSPS) is 14.8. The first-order chi connectivity index (χ1) is 12.1. The van der Waals surface area contributed by atoms with Gasteiger partial charge in [0, 0.05) is 19.2 Å². The lowest BCUT2D eigenvalue weighted by Gasteiger charge is -2.13. The summed E-state index contributed by atoms with van der Waals surface area (Å²) in [6.07, 6.45) is 0.157. The Labute approximate surface area is 140 Å². The average Bonchev–Trinajstić information content (AvgIpc) is 2.57. The summed E-state index contributed by atoms with van der Waals surface area (Å²) >= 11 is 6.11. The third-order valence-corrected chi connectivity index (χ3v) is 3.66. The van der Waals surface area contributed by atoms with Crippen LogP contribution >= 0.6 is 24.0 Å². The van der Waals surface area contributed by atoms with Gasteiger partial charge in [-0.1, -0.05) is 54.2 Å². The first kappa shape index (κ1) is 11.0. The highest BCUT2D eigenvalue weighted by Gasteiger charge is 2.18. The van der Waals surface area contributed by atoms with E-state index in [1.807, 2.05) is 0 Å². The fraction of sp³-hybridized carbons (Fsp3) is 0.357. The molecule has 0 aliphatic rings. The van der Waals surface area contributed by atoms with Crippen molar-refractivity contribution in [3.8, 4) is 0 Å². The Morgan fingerprint density at radius 2 is 2.10 bits per heavy atom. The predicted octanol–water partition coefficient (Wildman–Crippen LogP) is 1.43. The second kappa shape index (κ2) is 9.36. The molecule has 21 heavy (non-hydrogen) atoms. The molecule has 0 bridgehead atoms. The Morgan fingerprint density at radius 3 is 2.67 bits per heavy atom. The molecule has 0 aliphatic heterocycles. The largest absolute Gasteiger partial charge is 0.480 e. The van der Waals surface area contributed by atoms with E-state index in [0.29, 0.717) is 0 Å². The van der Waals surface area contributed by atoms with E-state index in [4.69, 9.17) is 24.2 Å². The lowest BCUT2D eigenvalue weighted by Crippen LogP contribution is -2.42. The van der Waals surface area contributed by atoms with Crippen LogP contribution in [0.1, 0.15) is 19.3 Å². The second-order valence-corrected chi connectivity index (χ2v) is 5.67. The molecule has 1 aromatic carbocycles. The molecule has 7 heteroatoms. The van der Waals surface area contributed by atoms with Gasteiger partial charge in [-0.25, -0.2) is 4.79 Å². The summed E-state index contributed by atoms with van der Waals surface area (Å²) < 4.78 is 38.7. The highest BCUT2D eigenvalue weighted by atomic mass is 32.2. The van der Waals surface area contributed by atoms with Crippen LogP contribution in [-0.2, 0) is 16.0 Å². The minimum Gasteiger partial charge on any atom is -0.480 e. The van der Waals surface area contributed by atoms with Gasteiger partial charge in [-0.3, -0.25) is 4.79 Å². The van der Waals surface area contributed by atoms with Crippen molar-refractivity contribution in [1.29, 1.82) is 0 Å². The molecule has 1 atom stereocenters. The number of carbonyl (C=O) groups is 2. The number of carboxylic acids is 1. The van der Waals surface area contributed by atoms with E-state index in [0.717, 1.165) is 11.8 Å². The molecule has 0 aromatic heterocycles. The summed E-state index contributed by atoms with van der Waals surface area (Å²) in [5, 5.41) is 14.1. The highest BCUT2D eigenvalue weighted by molar-refractivity contribution is 8.23. The van der Waals surface area contributed by atoms with Crippen LogP contribution in [0.25, 0.3) is 0 Å². The molecule has 0 saturated carbocycles. The fourth-order valence-corrected chi connectivity index (χ4v) is 2.37. The Kier molecular flexibility index (Phi) is 4.92. The smallest absolute Gasteiger partial charge is 0.327 e. The third kappa shape index (κ3) is 7.67. The van der Waals surface area contributed by atoms with Crippen LogP contribution in [0.2, 0.25) is 0 Å². The Bertz CT molecular complexity index is 704. The minimum atomic E-state index is -1.17. The van der Waals surface area contributed by atoms with Gasteiger partial charge in [-0.15, -0.1) is 0 Å². The zero-order valence-electron chi connectivity index (χ0n) is 16.3. The summed E-state index contributed by atoms with van der Waals surface area (Å²) in [6.45, 7) is 1.44. The van der Waals surface area contributed by atoms with E-state index in [1.54, 1.807) is 0 Å². The molecule has 0 spiro atoms. The van der Waals surface area contributed by atoms with Gasteiger partial charge in [0.25, 0.3) is 0 Å². The molecule has 1 aromatic rings. The molecule has 0 fully saturated rings. The molecular weight excluding hydrogens is 308 g/mol. The van der Waals surface area contributed by atoms with E-state index in [1.165, 1.54) is 6.92 Å². The molecule has 0 saturated heterocycles. The molecule has 5 nitrogen and oxygen atoms in total. The van der Waals surface area contributed by atoms with Crippen LogP contribution in [0, 0.1) is 0 Å². The van der Waals surface area contributed by atoms with Crippen molar-refractivity contribution >= 4 is 40.2 Å². The fourth-order valence-electron chi connectivity index (χ4n) is 1.32. The van der Waals surface area contributed by atoms with Crippen molar-refractivity contribution in [2.75, 3.05) is 12.3 Å².